The van der Waals surface area contributed by atoms with Gasteiger partial charge in [0, 0.05) is 0 Å². The Morgan fingerprint density at radius 3 is 0.982 bits per heavy atom. The molecule has 312 valence electrons. The SMILES string of the molecule is CCCCCCCc1cc(CCCCCCC)c2ccc(S(=O)(=O)[O-])cc2c1.CCCCCCCc1cc(CCCCCCC)c2ccc(S(=O)(=O)[O-])cc2c1.[Ca+2]. The van der Waals surface area contributed by atoms with Crippen LogP contribution in [0.25, 0.3) is 21.5 Å². The first kappa shape index (κ1) is 51.6. The second-order valence-electron chi connectivity index (χ2n) is 15.8. The van der Waals surface area contributed by atoms with E-state index in [9.17, 15) is 25.9 Å². The van der Waals surface area contributed by atoms with E-state index in [1.165, 1.54) is 137 Å². The van der Waals surface area contributed by atoms with Gasteiger partial charge in [0.15, 0.2) is 0 Å². The zero-order valence-electron chi connectivity index (χ0n) is 35.7. The van der Waals surface area contributed by atoms with Crippen molar-refractivity contribution in [3.05, 3.63) is 82.9 Å². The van der Waals surface area contributed by atoms with Gasteiger partial charge in [-0.2, -0.15) is 0 Å². The van der Waals surface area contributed by atoms with Gasteiger partial charge in [0.05, 0.1) is 9.79 Å². The predicted molar refractivity (Wildman–Crippen MR) is 239 cm³/mol. The molecule has 4 aromatic rings. The monoisotopic (exact) mass is 846 g/mol. The minimum atomic E-state index is -4.42. The van der Waals surface area contributed by atoms with E-state index in [0.717, 1.165) is 72.9 Å². The standard InChI is InChI=1S/2C24H36O3S.Ca/c2*1-3-5-7-9-11-13-20-17-21(14-12-10-8-6-4-2)24-16-15-23(28(25,26)27)19-22(24)18-20;/h2*15-19H,3-14H2,1-2H3,(H,25,26,27);/q;;+2/p-2. The molecule has 9 heteroatoms. The molecular weight excluding hydrogens is 777 g/mol. The van der Waals surface area contributed by atoms with Crippen molar-refractivity contribution in [2.45, 2.75) is 192 Å². The van der Waals surface area contributed by atoms with Crippen molar-refractivity contribution in [1.29, 1.82) is 0 Å². The van der Waals surface area contributed by atoms with Crippen LogP contribution < -0.4 is 0 Å². The van der Waals surface area contributed by atoms with E-state index in [0.29, 0.717) is 0 Å². The molecule has 0 spiro atoms. The minimum Gasteiger partial charge on any atom is -0.744 e. The Bertz CT molecular complexity index is 1830. The molecule has 0 amide bonds. The number of fused-ring (bicyclic) bond motifs is 2. The van der Waals surface area contributed by atoms with E-state index in [4.69, 9.17) is 0 Å². The molecule has 0 bridgehead atoms. The molecule has 57 heavy (non-hydrogen) atoms. The van der Waals surface area contributed by atoms with Crippen molar-refractivity contribution in [3.8, 4) is 0 Å². The second kappa shape index (κ2) is 28.1. The topological polar surface area (TPSA) is 114 Å². The predicted octanol–water partition coefficient (Wildman–Crippen LogP) is 13.2. The summed E-state index contributed by atoms with van der Waals surface area (Å²) in [5, 5.41) is 3.92. The summed E-state index contributed by atoms with van der Waals surface area (Å²) in [7, 11) is -8.85. The number of hydrogen-bond donors (Lipinski definition) is 0. The summed E-state index contributed by atoms with van der Waals surface area (Å²) in [6.45, 7) is 8.88. The van der Waals surface area contributed by atoms with Crippen LogP contribution in [0.4, 0.5) is 0 Å². The Morgan fingerprint density at radius 1 is 0.386 bits per heavy atom. The fourth-order valence-electron chi connectivity index (χ4n) is 7.71. The number of hydrogen-bond acceptors (Lipinski definition) is 6. The molecule has 0 N–H and O–H groups in total. The molecule has 0 heterocycles. The number of rotatable bonds is 26. The maximum atomic E-state index is 11.4. The third kappa shape index (κ3) is 19.2. The van der Waals surface area contributed by atoms with Gasteiger partial charge in [-0.1, -0.05) is 167 Å². The van der Waals surface area contributed by atoms with Gasteiger partial charge in [0.25, 0.3) is 0 Å². The minimum absolute atomic E-state index is 0. The van der Waals surface area contributed by atoms with Crippen molar-refractivity contribution >= 4 is 79.5 Å². The average Bonchev–Trinajstić information content (AvgIpc) is 3.16. The van der Waals surface area contributed by atoms with Crippen LogP contribution in [0, 0.1) is 0 Å². The Balaban J connectivity index is 0.000000387. The van der Waals surface area contributed by atoms with E-state index in [2.05, 4.69) is 52.0 Å². The fourth-order valence-corrected chi connectivity index (χ4v) is 8.72. The summed E-state index contributed by atoms with van der Waals surface area (Å²) in [6.07, 6.45) is 28.7. The summed E-state index contributed by atoms with van der Waals surface area (Å²) in [4.78, 5) is -0.261. The quantitative estimate of drug-likeness (QED) is 0.0353. The summed E-state index contributed by atoms with van der Waals surface area (Å²) >= 11 is 0. The van der Waals surface area contributed by atoms with Crippen molar-refractivity contribution in [1.82, 2.24) is 0 Å². The van der Waals surface area contributed by atoms with Crippen molar-refractivity contribution in [3.63, 3.8) is 0 Å². The molecule has 0 saturated heterocycles. The van der Waals surface area contributed by atoms with Crippen LogP contribution in [0.2, 0.25) is 0 Å². The summed E-state index contributed by atoms with van der Waals surface area (Å²) < 4.78 is 68.6. The normalized spacial score (nSPS) is 11.8. The Hall–Kier alpha value is -1.52. The zero-order chi connectivity index (χ0) is 40.8. The van der Waals surface area contributed by atoms with Gasteiger partial charge in [-0.05, 0) is 119 Å². The molecule has 4 aromatic carbocycles. The molecule has 0 saturated carbocycles. The molecule has 0 aliphatic heterocycles. The Kier molecular flexibility index (Phi) is 25.4. The molecule has 0 aliphatic rings. The maximum Gasteiger partial charge on any atom is 2.00 e. The first-order chi connectivity index (χ1) is 26.9. The van der Waals surface area contributed by atoms with Crippen molar-refractivity contribution in [2.24, 2.45) is 0 Å². The largest absolute Gasteiger partial charge is 2.00 e. The molecule has 4 rings (SSSR count). The van der Waals surface area contributed by atoms with Gasteiger partial charge < -0.3 is 9.11 Å². The third-order valence-electron chi connectivity index (χ3n) is 11.0. The first-order valence-corrected chi connectivity index (χ1v) is 24.8. The Morgan fingerprint density at radius 2 is 0.684 bits per heavy atom. The first-order valence-electron chi connectivity index (χ1n) is 21.9. The number of unbranched alkanes of at least 4 members (excludes halogenated alkanes) is 16. The van der Waals surface area contributed by atoms with E-state index >= 15 is 0 Å². The van der Waals surface area contributed by atoms with Gasteiger partial charge in [0.2, 0.25) is 0 Å². The average molecular weight is 847 g/mol. The number of aryl methyl sites for hydroxylation is 4. The maximum absolute atomic E-state index is 11.4. The summed E-state index contributed by atoms with van der Waals surface area (Å²) in [5.41, 5.74) is 5.08. The van der Waals surface area contributed by atoms with E-state index in [1.54, 1.807) is 12.1 Å². The van der Waals surface area contributed by atoms with Crippen LogP contribution in [0.1, 0.15) is 178 Å². The van der Waals surface area contributed by atoms with Gasteiger partial charge >= 0.3 is 37.7 Å². The molecule has 0 aliphatic carbocycles. The van der Waals surface area contributed by atoms with Crippen molar-refractivity contribution in [2.75, 3.05) is 0 Å². The fraction of sp³-hybridized carbons (Fsp3) is 0.583. The number of benzene rings is 4. The zero-order valence-corrected chi connectivity index (χ0v) is 39.6. The summed E-state index contributed by atoms with van der Waals surface area (Å²) in [5.74, 6) is 0. The van der Waals surface area contributed by atoms with Gasteiger partial charge in [0.1, 0.15) is 20.2 Å². The Labute approximate surface area is 376 Å². The van der Waals surface area contributed by atoms with E-state index < -0.39 is 20.2 Å². The van der Waals surface area contributed by atoms with Crippen LogP contribution in [0.3, 0.4) is 0 Å². The van der Waals surface area contributed by atoms with Gasteiger partial charge in [-0.25, -0.2) is 16.8 Å². The van der Waals surface area contributed by atoms with Crippen LogP contribution in [0.5, 0.6) is 0 Å². The molecular formula is C48H70CaO6S2. The van der Waals surface area contributed by atoms with Gasteiger partial charge in [-0.3, -0.25) is 0 Å². The van der Waals surface area contributed by atoms with E-state index in [1.807, 2.05) is 12.1 Å². The van der Waals surface area contributed by atoms with Crippen LogP contribution >= 0.6 is 0 Å². The molecule has 6 nitrogen and oxygen atoms in total. The van der Waals surface area contributed by atoms with Crippen molar-refractivity contribution < 1.29 is 25.9 Å². The van der Waals surface area contributed by atoms with E-state index in [-0.39, 0.29) is 47.5 Å². The van der Waals surface area contributed by atoms with Crippen LogP contribution in [-0.4, -0.2) is 63.7 Å². The van der Waals surface area contributed by atoms with Crippen LogP contribution in [-0.2, 0) is 45.9 Å². The molecule has 0 unspecified atom stereocenters. The smallest absolute Gasteiger partial charge is 0.744 e. The van der Waals surface area contributed by atoms with Crippen LogP contribution in [0.15, 0.2) is 70.5 Å². The molecule has 0 aromatic heterocycles. The second-order valence-corrected chi connectivity index (χ2v) is 18.6. The molecule has 0 fully saturated rings. The molecule has 0 radical (unpaired) electrons. The van der Waals surface area contributed by atoms with Gasteiger partial charge in [-0.15, -0.1) is 0 Å². The molecule has 0 atom stereocenters. The summed E-state index contributed by atoms with van der Waals surface area (Å²) in [6, 6.07) is 18.4. The third-order valence-corrected chi connectivity index (χ3v) is 12.6.